The number of rotatable bonds is 6. The van der Waals surface area contributed by atoms with Crippen molar-refractivity contribution >= 4 is 5.97 Å². The lowest BCUT2D eigenvalue weighted by atomic mass is 10.1. The maximum atomic E-state index is 11.8. The van der Waals surface area contributed by atoms with Crippen molar-refractivity contribution in [3.8, 4) is 11.6 Å². The van der Waals surface area contributed by atoms with Gasteiger partial charge in [0, 0.05) is 24.9 Å². The molecule has 3 rings (SSSR count). The van der Waals surface area contributed by atoms with Gasteiger partial charge in [-0.15, -0.1) is 0 Å². The molecule has 0 spiro atoms. The van der Waals surface area contributed by atoms with Crippen LogP contribution in [0.3, 0.4) is 0 Å². The molecule has 0 saturated carbocycles. The summed E-state index contributed by atoms with van der Waals surface area (Å²) in [5.41, 5.74) is 1.76. The summed E-state index contributed by atoms with van der Waals surface area (Å²) in [5.74, 6) is 0.0371. The Morgan fingerprint density at radius 3 is 2.78 bits per heavy atom. The first-order valence-electron chi connectivity index (χ1n) is 7.44. The van der Waals surface area contributed by atoms with Gasteiger partial charge in [0.1, 0.15) is 6.04 Å². The summed E-state index contributed by atoms with van der Waals surface area (Å²) in [4.78, 5) is 16.0. The van der Waals surface area contributed by atoms with E-state index in [9.17, 15) is 9.90 Å². The number of hydrogen-bond donors (Lipinski definition) is 1. The van der Waals surface area contributed by atoms with Crippen LogP contribution in [0.5, 0.6) is 0 Å². The molecule has 6 nitrogen and oxygen atoms in total. The summed E-state index contributed by atoms with van der Waals surface area (Å²) in [6, 6.07) is 10.6. The van der Waals surface area contributed by atoms with Crippen LogP contribution in [0.25, 0.3) is 11.6 Å². The van der Waals surface area contributed by atoms with Crippen LogP contribution in [-0.2, 0) is 17.6 Å². The molecule has 2 heterocycles. The molecular formula is C17H17N3O3. The average Bonchev–Trinajstić information content (AvgIpc) is 3.21. The summed E-state index contributed by atoms with van der Waals surface area (Å²) < 4.78 is 6.91. The zero-order valence-electron chi connectivity index (χ0n) is 12.7. The van der Waals surface area contributed by atoms with E-state index >= 15 is 0 Å². The Morgan fingerprint density at radius 1 is 1.35 bits per heavy atom. The topological polar surface area (TPSA) is 81.2 Å². The third-order valence-electron chi connectivity index (χ3n) is 3.70. The van der Waals surface area contributed by atoms with E-state index in [2.05, 4.69) is 10.1 Å². The molecule has 6 heteroatoms. The third-order valence-corrected chi connectivity index (χ3v) is 3.70. The Kier molecular flexibility index (Phi) is 4.23. The minimum atomic E-state index is -0.914. The number of benzene rings is 1. The smallest absolute Gasteiger partial charge is 0.327 e. The molecule has 0 aliphatic heterocycles. The van der Waals surface area contributed by atoms with Crippen LogP contribution in [-0.4, -0.2) is 25.8 Å². The highest BCUT2D eigenvalue weighted by Crippen LogP contribution is 2.24. The monoisotopic (exact) mass is 311 g/mol. The summed E-state index contributed by atoms with van der Waals surface area (Å²) in [5, 5.41) is 13.6. The standard InChI is InChI=1S/C17H17N3O3/c1-2-13-11-15(23-19-13)16-18-8-9-20(16)14(17(21)22)10-12-6-4-3-5-7-12/h3-9,11,14H,2,10H2,1H3,(H,21,22). The zero-order chi connectivity index (χ0) is 16.2. The van der Waals surface area contributed by atoms with Crippen molar-refractivity contribution in [2.75, 3.05) is 0 Å². The molecule has 0 radical (unpaired) electrons. The summed E-state index contributed by atoms with van der Waals surface area (Å²) in [6.45, 7) is 1.98. The molecule has 23 heavy (non-hydrogen) atoms. The van der Waals surface area contributed by atoms with Crippen molar-refractivity contribution in [1.82, 2.24) is 14.7 Å². The number of hydrogen-bond acceptors (Lipinski definition) is 4. The number of carboxylic acid groups (broad SMARTS) is 1. The number of aryl methyl sites for hydroxylation is 1. The molecule has 0 aliphatic rings. The molecule has 1 atom stereocenters. The Hall–Kier alpha value is -2.89. The second-order valence-corrected chi connectivity index (χ2v) is 5.24. The van der Waals surface area contributed by atoms with Crippen LogP contribution >= 0.6 is 0 Å². The molecule has 1 N–H and O–H groups in total. The van der Waals surface area contributed by atoms with Crippen LogP contribution in [0.2, 0.25) is 0 Å². The minimum Gasteiger partial charge on any atom is -0.480 e. The van der Waals surface area contributed by atoms with Gasteiger partial charge in [-0.2, -0.15) is 0 Å². The van der Waals surface area contributed by atoms with Gasteiger partial charge in [0.2, 0.25) is 5.76 Å². The molecule has 0 bridgehead atoms. The lowest BCUT2D eigenvalue weighted by Crippen LogP contribution is -2.21. The Balaban J connectivity index is 1.95. The first kappa shape index (κ1) is 15.0. The maximum Gasteiger partial charge on any atom is 0.327 e. The molecule has 1 aromatic carbocycles. The number of imidazole rings is 1. The number of carbonyl (C=O) groups is 1. The number of aromatic nitrogens is 3. The molecule has 0 amide bonds. The van der Waals surface area contributed by atoms with Gasteiger partial charge in [0.25, 0.3) is 0 Å². The number of aliphatic carboxylic acids is 1. The van der Waals surface area contributed by atoms with Crippen LogP contribution in [0.4, 0.5) is 0 Å². The van der Waals surface area contributed by atoms with E-state index in [0.29, 0.717) is 18.0 Å². The summed E-state index contributed by atoms with van der Waals surface area (Å²) in [6.07, 6.45) is 4.35. The first-order chi connectivity index (χ1) is 11.2. The van der Waals surface area contributed by atoms with Crippen LogP contribution in [0.15, 0.2) is 53.3 Å². The first-order valence-corrected chi connectivity index (χ1v) is 7.44. The number of carboxylic acids is 1. The second-order valence-electron chi connectivity index (χ2n) is 5.24. The van der Waals surface area contributed by atoms with Crippen molar-refractivity contribution in [3.05, 3.63) is 60.0 Å². The zero-order valence-corrected chi connectivity index (χ0v) is 12.7. The molecule has 0 fully saturated rings. The fourth-order valence-electron chi connectivity index (χ4n) is 2.48. The quantitative estimate of drug-likeness (QED) is 0.757. The van der Waals surface area contributed by atoms with Gasteiger partial charge in [0.15, 0.2) is 5.82 Å². The van der Waals surface area contributed by atoms with Crippen molar-refractivity contribution in [3.63, 3.8) is 0 Å². The van der Waals surface area contributed by atoms with Gasteiger partial charge < -0.3 is 14.2 Å². The molecule has 118 valence electrons. The van der Waals surface area contributed by atoms with E-state index in [1.165, 1.54) is 0 Å². The highest BCUT2D eigenvalue weighted by Gasteiger charge is 2.24. The molecule has 0 saturated heterocycles. The predicted molar refractivity (Wildman–Crippen MR) is 83.9 cm³/mol. The summed E-state index contributed by atoms with van der Waals surface area (Å²) in [7, 11) is 0. The molecule has 0 aliphatic carbocycles. The maximum absolute atomic E-state index is 11.8. The third kappa shape index (κ3) is 3.15. The lowest BCUT2D eigenvalue weighted by Gasteiger charge is -2.16. The van der Waals surface area contributed by atoms with E-state index in [1.807, 2.05) is 37.3 Å². The van der Waals surface area contributed by atoms with Crippen molar-refractivity contribution < 1.29 is 14.4 Å². The Labute approximate surface area is 133 Å². The molecule has 3 aromatic rings. The Bertz CT molecular complexity index is 792. The molecule has 1 unspecified atom stereocenters. The molecular weight excluding hydrogens is 294 g/mol. The summed E-state index contributed by atoms with van der Waals surface area (Å²) >= 11 is 0. The van der Waals surface area contributed by atoms with Gasteiger partial charge in [-0.3, -0.25) is 0 Å². The minimum absolute atomic E-state index is 0.369. The lowest BCUT2D eigenvalue weighted by molar-refractivity contribution is -0.140. The van der Waals surface area contributed by atoms with Crippen molar-refractivity contribution in [2.24, 2.45) is 0 Å². The van der Waals surface area contributed by atoms with Gasteiger partial charge in [-0.05, 0) is 12.0 Å². The molecule has 2 aromatic heterocycles. The van der Waals surface area contributed by atoms with Gasteiger partial charge >= 0.3 is 5.97 Å². The van der Waals surface area contributed by atoms with Crippen molar-refractivity contribution in [1.29, 1.82) is 0 Å². The van der Waals surface area contributed by atoms with E-state index < -0.39 is 12.0 Å². The largest absolute Gasteiger partial charge is 0.480 e. The van der Waals surface area contributed by atoms with Crippen LogP contribution in [0.1, 0.15) is 24.2 Å². The van der Waals surface area contributed by atoms with Crippen LogP contribution in [0, 0.1) is 0 Å². The average molecular weight is 311 g/mol. The highest BCUT2D eigenvalue weighted by molar-refractivity contribution is 5.73. The van der Waals surface area contributed by atoms with E-state index in [0.717, 1.165) is 17.7 Å². The van der Waals surface area contributed by atoms with Crippen LogP contribution < -0.4 is 0 Å². The Morgan fingerprint density at radius 2 is 2.13 bits per heavy atom. The second kappa shape index (κ2) is 6.48. The highest BCUT2D eigenvalue weighted by atomic mass is 16.5. The fraction of sp³-hybridized carbons (Fsp3) is 0.235. The van der Waals surface area contributed by atoms with Gasteiger partial charge in [0.05, 0.1) is 5.69 Å². The number of nitrogens with zero attached hydrogens (tertiary/aromatic N) is 3. The van der Waals surface area contributed by atoms with E-state index in [1.54, 1.807) is 23.0 Å². The van der Waals surface area contributed by atoms with E-state index in [4.69, 9.17) is 4.52 Å². The normalized spacial score (nSPS) is 12.2. The SMILES string of the molecule is CCc1cc(-c2nccn2C(Cc2ccccc2)C(=O)O)on1. The fourth-order valence-corrected chi connectivity index (χ4v) is 2.48. The van der Waals surface area contributed by atoms with Gasteiger partial charge in [-0.25, -0.2) is 9.78 Å². The van der Waals surface area contributed by atoms with E-state index in [-0.39, 0.29) is 0 Å². The van der Waals surface area contributed by atoms with Crippen molar-refractivity contribution in [2.45, 2.75) is 25.8 Å². The van der Waals surface area contributed by atoms with Gasteiger partial charge in [-0.1, -0.05) is 42.4 Å². The predicted octanol–water partition coefficient (Wildman–Crippen LogP) is 2.97.